The van der Waals surface area contributed by atoms with Gasteiger partial charge in [0.25, 0.3) is 0 Å². The van der Waals surface area contributed by atoms with Crippen LogP contribution in [0, 0.1) is 9.39 Å². The maximum Gasteiger partial charge on any atom is 0.225 e. The summed E-state index contributed by atoms with van der Waals surface area (Å²) in [5.74, 6) is 0.658. The summed E-state index contributed by atoms with van der Waals surface area (Å²) in [6.45, 7) is 6.09. The number of anilines is 3. The van der Waals surface area contributed by atoms with Crippen molar-refractivity contribution in [2.75, 3.05) is 10.6 Å². The van der Waals surface area contributed by atoms with Crippen LogP contribution < -0.4 is 10.6 Å². The fraction of sp³-hybridized carbons (Fsp3) is 0.211. The predicted molar refractivity (Wildman–Crippen MR) is 111 cm³/mol. The Hall–Kier alpha value is -2.29. The van der Waals surface area contributed by atoms with Gasteiger partial charge in [-0.1, -0.05) is 0 Å². The van der Waals surface area contributed by atoms with E-state index in [2.05, 4.69) is 48.2 Å². The molecule has 5 nitrogen and oxygen atoms in total. The highest BCUT2D eigenvalue weighted by Gasteiger charge is 2.14. The number of halogens is 2. The number of benzene rings is 1. The molecule has 0 bridgehead atoms. The lowest BCUT2D eigenvalue weighted by Crippen LogP contribution is -2.27. The monoisotopic (exact) mass is 463 g/mol. The summed E-state index contributed by atoms with van der Waals surface area (Å²) in [5, 5.41) is 6.32. The molecule has 0 amide bonds. The molecule has 0 saturated heterocycles. The zero-order chi connectivity index (χ0) is 18.7. The number of aromatic nitrogens is 3. The van der Waals surface area contributed by atoms with Crippen molar-refractivity contribution in [1.29, 1.82) is 0 Å². The first-order valence-electron chi connectivity index (χ1n) is 8.10. The first-order chi connectivity index (χ1) is 12.3. The third-order valence-electron chi connectivity index (χ3n) is 3.38. The van der Waals surface area contributed by atoms with Crippen LogP contribution in [0.2, 0.25) is 0 Å². The largest absolute Gasteiger partial charge is 0.350 e. The molecule has 2 heterocycles. The lowest BCUT2D eigenvalue weighted by atomic mass is 10.1. The van der Waals surface area contributed by atoms with Crippen LogP contribution in [0.4, 0.5) is 21.8 Å². The van der Waals surface area contributed by atoms with Crippen molar-refractivity contribution in [1.82, 2.24) is 15.0 Å². The summed E-state index contributed by atoms with van der Waals surface area (Å²) >= 11 is 2.08. The highest BCUT2D eigenvalue weighted by molar-refractivity contribution is 14.1. The van der Waals surface area contributed by atoms with Crippen LogP contribution in [0.5, 0.6) is 0 Å². The topological polar surface area (TPSA) is 62.7 Å². The van der Waals surface area contributed by atoms with Gasteiger partial charge in [-0.05, 0) is 73.7 Å². The molecule has 134 valence electrons. The van der Waals surface area contributed by atoms with Gasteiger partial charge in [0, 0.05) is 33.1 Å². The first-order valence-corrected chi connectivity index (χ1v) is 9.18. The summed E-state index contributed by atoms with van der Waals surface area (Å²) in [5.41, 5.74) is 1.79. The SMILES string of the molecule is CC(C)(C)Nc1nc(Nc2ccc(I)cc2F)cc(-c2ccncc2)n1. The minimum Gasteiger partial charge on any atom is -0.350 e. The molecule has 26 heavy (non-hydrogen) atoms. The third-order valence-corrected chi connectivity index (χ3v) is 4.05. The van der Waals surface area contributed by atoms with Crippen molar-refractivity contribution < 1.29 is 4.39 Å². The maximum atomic E-state index is 14.2. The Labute approximate surface area is 165 Å². The van der Waals surface area contributed by atoms with Crippen LogP contribution in [0.25, 0.3) is 11.3 Å². The molecule has 0 saturated carbocycles. The Morgan fingerprint density at radius 1 is 1.00 bits per heavy atom. The van der Waals surface area contributed by atoms with Crippen molar-refractivity contribution >= 4 is 40.0 Å². The molecule has 0 aliphatic heterocycles. The van der Waals surface area contributed by atoms with Crippen LogP contribution in [-0.2, 0) is 0 Å². The molecule has 0 atom stereocenters. The molecule has 0 aliphatic carbocycles. The van der Waals surface area contributed by atoms with E-state index in [1.165, 1.54) is 6.07 Å². The van der Waals surface area contributed by atoms with Gasteiger partial charge >= 0.3 is 0 Å². The molecular weight excluding hydrogens is 444 g/mol. The van der Waals surface area contributed by atoms with E-state index in [9.17, 15) is 4.39 Å². The fourth-order valence-corrected chi connectivity index (χ4v) is 2.76. The lowest BCUT2D eigenvalue weighted by molar-refractivity contribution is 0.625. The van der Waals surface area contributed by atoms with Gasteiger partial charge in [-0.15, -0.1) is 0 Å². The van der Waals surface area contributed by atoms with Gasteiger partial charge in [0.2, 0.25) is 5.95 Å². The van der Waals surface area contributed by atoms with Gasteiger partial charge < -0.3 is 10.6 Å². The van der Waals surface area contributed by atoms with Crippen molar-refractivity contribution in [3.05, 3.63) is 58.2 Å². The Balaban J connectivity index is 2.01. The minimum absolute atomic E-state index is 0.206. The summed E-state index contributed by atoms with van der Waals surface area (Å²) in [6.07, 6.45) is 3.42. The predicted octanol–water partition coefficient (Wildman–Crippen LogP) is 5.24. The average molecular weight is 463 g/mol. The van der Waals surface area contributed by atoms with E-state index < -0.39 is 0 Å². The van der Waals surface area contributed by atoms with Gasteiger partial charge in [-0.2, -0.15) is 4.98 Å². The summed E-state index contributed by atoms with van der Waals surface area (Å²) in [7, 11) is 0. The van der Waals surface area contributed by atoms with Crippen LogP contribution in [0.3, 0.4) is 0 Å². The van der Waals surface area contributed by atoms with E-state index in [0.29, 0.717) is 17.5 Å². The average Bonchev–Trinajstić information content (AvgIpc) is 2.56. The third kappa shape index (κ3) is 4.87. The van der Waals surface area contributed by atoms with Gasteiger partial charge in [-0.25, -0.2) is 9.37 Å². The van der Waals surface area contributed by atoms with E-state index >= 15 is 0 Å². The summed E-state index contributed by atoms with van der Waals surface area (Å²) in [4.78, 5) is 13.1. The number of hydrogen-bond acceptors (Lipinski definition) is 5. The molecule has 0 radical (unpaired) electrons. The summed E-state index contributed by atoms with van der Waals surface area (Å²) < 4.78 is 15.0. The Bertz CT molecular complexity index is 910. The molecular formula is C19H19FIN5. The number of nitrogens with one attached hydrogen (secondary N) is 2. The Kier molecular flexibility index (Phi) is 5.36. The van der Waals surface area contributed by atoms with Crippen molar-refractivity contribution in [3.63, 3.8) is 0 Å². The maximum absolute atomic E-state index is 14.2. The Morgan fingerprint density at radius 3 is 2.38 bits per heavy atom. The second kappa shape index (κ2) is 7.53. The van der Waals surface area contributed by atoms with Gasteiger partial charge in [0.1, 0.15) is 11.6 Å². The van der Waals surface area contributed by atoms with Crippen LogP contribution >= 0.6 is 22.6 Å². The molecule has 0 spiro atoms. The highest BCUT2D eigenvalue weighted by Crippen LogP contribution is 2.26. The van der Waals surface area contributed by atoms with E-state index in [0.717, 1.165) is 14.8 Å². The van der Waals surface area contributed by atoms with Gasteiger partial charge in [0.15, 0.2) is 0 Å². The second-order valence-electron chi connectivity index (χ2n) is 6.82. The van der Waals surface area contributed by atoms with E-state index in [4.69, 9.17) is 0 Å². The summed E-state index contributed by atoms with van der Waals surface area (Å²) in [6, 6.07) is 10.5. The highest BCUT2D eigenvalue weighted by atomic mass is 127. The zero-order valence-corrected chi connectivity index (χ0v) is 16.9. The van der Waals surface area contributed by atoms with E-state index in [-0.39, 0.29) is 11.4 Å². The smallest absolute Gasteiger partial charge is 0.225 e. The molecule has 1 aromatic carbocycles. The fourth-order valence-electron chi connectivity index (χ4n) is 2.30. The lowest BCUT2D eigenvalue weighted by Gasteiger charge is -2.21. The molecule has 2 aromatic heterocycles. The van der Waals surface area contributed by atoms with E-state index in [1.54, 1.807) is 24.5 Å². The quantitative estimate of drug-likeness (QED) is 0.519. The molecule has 0 aliphatic rings. The van der Waals surface area contributed by atoms with Crippen LogP contribution in [-0.4, -0.2) is 20.5 Å². The van der Waals surface area contributed by atoms with Crippen molar-refractivity contribution in [2.45, 2.75) is 26.3 Å². The number of hydrogen-bond donors (Lipinski definition) is 2. The second-order valence-corrected chi connectivity index (χ2v) is 8.07. The van der Waals surface area contributed by atoms with Crippen LogP contribution in [0.15, 0.2) is 48.8 Å². The van der Waals surface area contributed by atoms with E-state index in [1.807, 2.05) is 39.0 Å². The van der Waals surface area contributed by atoms with Crippen molar-refractivity contribution in [2.24, 2.45) is 0 Å². The standard InChI is InChI=1S/C19H19FIN5/c1-19(2,3)26-18-24-16(12-6-8-22-9-7-12)11-17(25-18)23-15-5-4-13(21)10-14(15)20/h4-11H,1-3H3,(H2,23,24,25,26). The van der Waals surface area contributed by atoms with Gasteiger partial charge in [0.05, 0.1) is 11.4 Å². The van der Waals surface area contributed by atoms with Crippen molar-refractivity contribution in [3.8, 4) is 11.3 Å². The molecule has 7 heteroatoms. The Morgan fingerprint density at radius 2 is 1.73 bits per heavy atom. The molecule has 3 aromatic rings. The molecule has 0 fully saturated rings. The molecule has 3 rings (SSSR count). The number of nitrogens with zero attached hydrogens (tertiary/aromatic N) is 3. The molecule has 2 N–H and O–H groups in total. The normalized spacial score (nSPS) is 11.3. The molecule has 0 unspecified atom stereocenters. The number of rotatable bonds is 4. The zero-order valence-electron chi connectivity index (χ0n) is 14.7. The van der Waals surface area contributed by atoms with Gasteiger partial charge in [-0.3, -0.25) is 4.98 Å². The number of pyridine rings is 1. The first kappa shape index (κ1) is 18.5. The van der Waals surface area contributed by atoms with Crippen LogP contribution in [0.1, 0.15) is 20.8 Å². The minimum atomic E-state index is -0.327.